The Morgan fingerprint density at radius 1 is 1.12 bits per heavy atom. The third-order valence-electron chi connectivity index (χ3n) is 3.77. The van der Waals surface area contributed by atoms with Crippen molar-refractivity contribution in [2.24, 2.45) is 0 Å². The zero-order valence-corrected chi connectivity index (χ0v) is 13.1. The first kappa shape index (κ1) is 14.3. The Balaban J connectivity index is 1.52. The maximum Gasteiger partial charge on any atom is 0.181 e. The van der Waals surface area contributed by atoms with Gasteiger partial charge in [0, 0.05) is 23.4 Å². The lowest BCUT2D eigenvalue weighted by atomic mass is 10.1. The number of rotatable bonds is 5. The minimum Gasteiger partial charge on any atom is -0.460 e. The van der Waals surface area contributed by atoms with Gasteiger partial charge in [-0.05, 0) is 31.2 Å². The number of nitrogens with one attached hydrogen (secondary N) is 2. The number of nitrogens with zero attached hydrogens (tertiary/aromatic N) is 2. The summed E-state index contributed by atoms with van der Waals surface area (Å²) < 4.78 is 11.0. The van der Waals surface area contributed by atoms with Crippen LogP contribution in [0.15, 0.2) is 64.0 Å². The molecule has 0 radical (unpaired) electrons. The van der Waals surface area contributed by atoms with Gasteiger partial charge < -0.3 is 14.2 Å². The highest BCUT2D eigenvalue weighted by Gasteiger charge is 2.11. The van der Waals surface area contributed by atoms with Crippen molar-refractivity contribution in [3.05, 3.63) is 66.5 Å². The average Bonchev–Trinajstić information content (AvgIpc) is 3.34. The summed E-state index contributed by atoms with van der Waals surface area (Å²) in [5.74, 6) is 2.41. The van der Waals surface area contributed by atoms with Crippen molar-refractivity contribution in [2.75, 3.05) is 5.32 Å². The van der Waals surface area contributed by atoms with Gasteiger partial charge in [0.15, 0.2) is 17.9 Å². The van der Waals surface area contributed by atoms with Crippen LogP contribution in [0.5, 0.6) is 0 Å². The van der Waals surface area contributed by atoms with Crippen LogP contribution in [0, 0.1) is 6.92 Å². The molecule has 0 aliphatic heterocycles. The van der Waals surface area contributed by atoms with Gasteiger partial charge in [-0.3, -0.25) is 5.10 Å². The van der Waals surface area contributed by atoms with Gasteiger partial charge in [-0.2, -0.15) is 5.10 Å². The minimum atomic E-state index is 0.630. The quantitative estimate of drug-likeness (QED) is 0.575. The van der Waals surface area contributed by atoms with Crippen molar-refractivity contribution < 1.29 is 8.83 Å². The molecule has 0 unspecified atom stereocenters. The van der Waals surface area contributed by atoms with E-state index in [-0.39, 0.29) is 0 Å². The molecule has 0 aliphatic carbocycles. The first-order valence-corrected chi connectivity index (χ1v) is 7.61. The fourth-order valence-electron chi connectivity index (χ4n) is 2.57. The molecule has 2 N–H and O–H groups in total. The second-order valence-electron chi connectivity index (χ2n) is 5.48. The maximum atomic E-state index is 5.67. The van der Waals surface area contributed by atoms with E-state index in [4.69, 9.17) is 8.83 Å². The molecule has 120 valence electrons. The van der Waals surface area contributed by atoms with E-state index in [1.807, 2.05) is 43.3 Å². The average molecular weight is 320 g/mol. The zero-order chi connectivity index (χ0) is 16.4. The van der Waals surface area contributed by atoms with Crippen molar-refractivity contribution in [3.8, 4) is 22.8 Å². The Kier molecular flexibility index (Phi) is 3.63. The number of aromatic amines is 1. The van der Waals surface area contributed by atoms with Crippen LogP contribution in [0.25, 0.3) is 22.8 Å². The highest BCUT2D eigenvalue weighted by atomic mass is 16.3. The van der Waals surface area contributed by atoms with Gasteiger partial charge in [-0.25, -0.2) is 4.98 Å². The van der Waals surface area contributed by atoms with Crippen LogP contribution < -0.4 is 5.32 Å². The van der Waals surface area contributed by atoms with Gasteiger partial charge in [-0.1, -0.05) is 12.1 Å². The van der Waals surface area contributed by atoms with Crippen LogP contribution in [0.4, 0.5) is 5.69 Å². The van der Waals surface area contributed by atoms with Crippen LogP contribution in [0.1, 0.15) is 11.3 Å². The fraction of sp³-hybridized carbons (Fsp3) is 0.111. The number of aryl methyl sites for hydroxylation is 1. The third kappa shape index (κ3) is 2.81. The summed E-state index contributed by atoms with van der Waals surface area (Å²) in [6.07, 6.45) is 4.94. The van der Waals surface area contributed by atoms with E-state index < -0.39 is 0 Å². The molecule has 3 aromatic heterocycles. The Hall–Kier alpha value is -3.28. The van der Waals surface area contributed by atoms with Crippen molar-refractivity contribution in [1.29, 1.82) is 0 Å². The largest absolute Gasteiger partial charge is 0.460 e. The number of H-pyrrole nitrogens is 1. The Morgan fingerprint density at radius 3 is 2.88 bits per heavy atom. The van der Waals surface area contributed by atoms with E-state index in [2.05, 4.69) is 20.5 Å². The smallest absolute Gasteiger partial charge is 0.181 e. The molecule has 0 amide bonds. The normalized spacial score (nSPS) is 10.9. The fourth-order valence-corrected chi connectivity index (χ4v) is 2.57. The van der Waals surface area contributed by atoms with E-state index in [9.17, 15) is 0 Å². The summed E-state index contributed by atoms with van der Waals surface area (Å²) >= 11 is 0. The van der Waals surface area contributed by atoms with Crippen molar-refractivity contribution in [2.45, 2.75) is 13.5 Å². The molecular weight excluding hydrogens is 304 g/mol. The molecule has 6 nitrogen and oxygen atoms in total. The molecule has 4 aromatic rings. The number of anilines is 1. The number of benzene rings is 1. The lowest BCUT2D eigenvalue weighted by Crippen LogP contribution is -1.99. The minimum absolute atomic E-state index is 0.630. The Bertz CT molecular complexity index is 938. The highest BCUT2D eigenvalue weighted by molar-refractivity contribution is 5.64. The van der Waals surface area contributed by atoms with Crippen LogP contribution in [0.2, 0.25) is 0 Å². The molecule has 0 spiro atoms. The number of furan rings is 1. The van der Waals surface area contributed by atoms with Gasteiger partial charge in [0.25, 0.3) is 0 Å². The van der Waals surface area contributed by atoms with Crippen molar-refractivity contribution in [1.82, 2.24) is 15.2 Å². The summed E-state index contributed by atoms with van der Waals surface area (Å²) in [4.78, 5) is 3.95. The molecule has 0 saturated heterocycles. The number of hydrogen-bond donors (Lipinski definition) is 2. The first-order valence-electron chi connectivity index (χ1n) is 7.61. The molecule has 0 atom stereocenters. The van der Waals surface area contributed by atoms with Crippen LogP contribution in [0.3, 0.4) is 0 Å². The number of hydrogen-bond acceptors (Lipinski definition) is 5. The van der Waals surface area contributed by atoms with E-state index in [0.717, 1.165) is 39.8 Å². The zero-order valence-electron chi connectivity index (χ0n) is 13.1. The van der Waals surface area contributed by atoms with E-state index in [1.54, 1.807) is 12.4 Å². The highest BCUT2D eigenvalue weighted by Crippen LogP contribution is 2.25. The summed E-state index contributed by atoms with van der Waals surface area (Å²) in [5, 5.41) is 10.5. The van der Waals surface area contributed by atoms with Gasteiger partial charge in [0.1, 0.15) is 11.5 Å². The van der Waals surface area contributed by atoms with Gasteiger partial charge >= 0.3 is 0 Å². The second kappa shape index (κ2) is 6.08. The van der Waals surface area contributed by atoms with Crippen molar-refractivity contribution >= 4 is 5.69 Å². The molecule has 3 heterocycles. The first-order chi connectivity index (χ1) is 11.8. The lowest BCUT2D eigenvalue weighted by molar-refractivity contribution is 0.545. The SMILES string of the molecule is Cc1ccc(-c2[nH]ncc2CNc2cccc(-c3cnco3)c2)o1. The van der Waals surface area contributed by atoms with E-state index >= 15 is 0 Å². The Labute approximate surface area is 138 Å². The maximum absolute atomic E-state index is 5.67. The van der Waals surface area contributed by atoms with Crippen LogP contribution >= 0.6 is 0 Å². The molecule has 0 aliphatic rings. The van der Waals surface area contributed by atoms with Gasteiger partial charge in [-0.15, -0.1) is 0 Å². The van der Waals surface area contributed by atoms with Crippen LogP contribution in [-0.4, -0.2) is 15.2 Å². The Morgan fingerprint density at radius 2 is 2.08 bits per heavy atom. The second-order valence-corrected chi connectivity index (χ2v) is 5.48. The molecule has 6 heteroatoms. The van der Waals surface area contributed by atoms with Crippen molar-refractivity contribution in [3.63, 3.8) is 0 Å². The molecule has 0 bridgehead atoms. The summed E-state index contributed by atoms with van der Waals surface area (Å²) in [7, 11) is 0. The summed E-state index contributed by atoms with van der Waals surface area (Å²) in [6, 6.07) is 11.9. The summed E-state index contributed by atoms with van der Waals surface area (Å²) in [5.41, 5.74) is 3.90. The monoisotopic (exact) mass is 320 g/mol. The molecule has 24 heavy (non-hydrogen) atoms. The standard InChI is InChI=1S/C18H16N4O2/c1-12-5-6-16(24-12)18-14(9-21-22-18)8-20-15-4-2-3-13(7-15)17-10-19-11-23-17/h2-7,9-11,20H,8H2,1H3,(H,21,22). The molecule has 1 aromatic carbocycles. The molecular formula is C18H16N4O2. The third-order valence-corrected chi connectivity index (χ3v) is 3.77. The molecule has 0 fully saturated rings. The molecule has 4 rings (SSSR count). The topological polar surface area (TPSA) is 79.9 Å². The number of aromatic nitrogens is 3. The lowest BCUT2D eigenvalue weighted by Gasteiger charge is -2.07. The van der Waals surface area contributed by atoms with E-state index in [1.165, 1.54) is 6.39 Å². The van der Waals surface area contributed by atoms with Gasteiger partial charge in [0.05, 0.1) is 12.4 Å². The predicted molar refractivity (Wildman–Crippen MR) is 90.3 cm³/mol. The van der Waals surface area contributed by atoms with Gasteiger partial charge in [0.2, 0.25) is 0 Å². The number of oxazole rings is 1. The molecule has 0 saturated carbocycles. The van der Waals surface area contributed by atoms with E-state index in [0.29, 0.717) is 6.54 Å². The summed E-state index contributed by atoms with van der Waals surface area (Å²) in [6.45, 7) is 2.55. The van der Waals surface area contributed by atoms with Crippen LogP contribution in [-0.2, 0) is 6.54 Å². The predicted octanol–water partition coefficient (Wildman–Crippen LogP) is 4.25.